The van der Waals surface area contributed by atoms with Gasteiger partial charge in [0.2, 0.25) is 5.91 Å². The molecule has 2 aromatic heterocycles. The number of hydrogen-bond acceptors (Lipinski definition) is 4. The van der Waals surface area contributed by atoms with Crippen LogP contribution in [0.3, 0.4) is 0 Å². The summed E-state index contributed by atoms with van der Waals surface area (Å²) in [6, 6.07) is 5.88. The summed E-state index contributed by atoms with van der Waals surface area (Å²) in [4.78, 5) is 16.3. The molecule has 3 rings (SSSR count). The van der Waals surface area contributed by atoms with Gasteiger partial charge in [-0.3, -0.25) is 10.1 Å². The smallest absolute Gasteiger partial charge is 0.238 e. The van der Waals surface area contributed by atoms with Crippen molar-refractivity contribution < 1.29 is 4.79 Å². The average molecular weight is 276 g/mol. The van der Waals surface area contributed by atoms with Crippen LogP contribution in [0.4, 0.5) is 0 Å². The lowest BCUT2D eigenvalue weighted by Crippen LogP contribution is -2.42. The minimum Gasteiger partial charge on any atom is -0.354 e. The molecule has 1 atom stereocenters. The number of thioether (sulfide) groups is 1. The highest BCUT2D eigenvalue weighted by Crippen LogP contribution is 2.09. The van der Waals surface area contributed by atoms with Crippen LogP contribution in [0.2, 0.25) is 0 Å². The molecule has 0 radical (unpaired) electrons. The molecule has 100 valence electrons. The zero-order chi connectivity index (χ0) is 13.1. The molecule has 6 heteroatoms. The van der Waals surface area contributed by atoms with Crippen LogP contribution in [0.5, 0.6) is 0 Å². The fourth-order valence-electron chi connectivity index (χ4n) is 2.11. The topological polar surface area (TPSA) is 58.4 Å². The molecule has 5 nitrogen and oxygen atoms in total. The van der Waals surface area contributed by atoms with Crippen molar-refractivity contribution in [2.45, 2.75) is 12.5 Å². The number of nitrogens with one attached hydrogen (secondary N) is 2. The first-order valence-corrected chi connectivity index (χ1v) is 7.50. The Hall–Kier alpha value is -1.53. The molecule has 3 heterocycles. The minimum absolute atomic E-state index is 0.0360. The van der Waals surface area contributed by atoms with Gasteiger partial charge in [0.05, 0.1) is 11.7 Å². The van der Waals surface area contributed by atoms with Gasteiger partial charge in [-0.15, -0.1) is 11.8 Å². The summed E-state index contributed by atoms with van der Waals surface area (Å²) in [6.45, 7) is 0.631. The van der Waals surface area contributed by atoms with Crippen LogP contribution in [-0.2, 0) is 11.2 Å². The summed E-state index contributed by atoms with van der Waals surface area (Å²) < 4.78 is 1.99. The Kier molecular flexibility index (Phi) is 3.70. The highest BCUT2D eigenvalue weighted by Gasteiger charge is 2.21. The second kappa shape index (κ2) is 5.63. The molecule has 2 N–H and O–H groups in total. The van der Waals surface area contributed by atoms with E-state index in [0.717, 1.165) is 29.4 Å². The van der Waals surface area contributed by atoms with Gasteiger partial charge < -0.3 is 9.72 Å². The second-order valence-corrected chi connectivity index (χ2v) is 5.54. The van der Waals surface area contributed by atoms with Crippen LogP contribution in [0.15, 0.2) is 30.6 Å². The quantitative estimate of drug-likeness (QED) is 0.861. The van der Waals surface area contributed by atoms with Gasteiger partial charge in [-0.1, -0.05) is 6.07 Å². The van der Waals surface area contributed by atoms with Crippen LogP contribution >= 0.6 is 11.8 Å². The van der Waals surface area contributed by atoms with Crippen LogP contribution < -0.4 is 10.6 Å². The van der Waals surface area contributed by atoms with Crippen molar-refractivity contribution in [1.82, 2.24) is 20.0 Å². The monoisotopic (exact) mass is 276 g/mol. The van der Waals surface area contributed by atoms with E-state index in [1.807, 2.05) is 35.0 Å². The second-order valence-electron chi connectivity index (χ2n) is 4.51. The fraction of sp³-hybridized carbons (Fsp3) is 0.385. The highest BCUT2D eigenvalue weighted by atomic mass is 32.2. The first kappa shape index (κ1) is 12.5. The lowest BCUT2D eigenvalue weighted by Gasteiger charge is -2.09. The maximum absolute atomic E-state index is 11.8. The lowest BCUT2D eigenvalue weighted by molar-refractivity contribution is -0.122. The van der Waals surface area contributed by atoms with Crippen molar-refractivity contribution in [3.63, 3.8) is 0 Å². The van der Waals surface area contributed by atoms with Crippen molar-refractivity contribution in [3.05, 3.63) is 36.3 Å². The average Bonchev–Trinajstić information content (AvgIpc) is 3.07. The maximum Gasteiger partial charge on any atom is 0.238 e. The van der Waals surface area contributed by atoms with E-state index in [9.17, 15) is 4.79 Å². The first-order chi connectivity index (χ1) is 9.33. The van der Waals surface area contributed by atoms with Gasteiger partial charge in [0, 0.05) is 37.0 Å². The third kappa shape index (κ3) is 2.90. The van der Waals surface area contributed by atoms with Gasteiger partial charge in [-0.05, 0) is 12.1 Å². The highest BCUT2D eigenvalue weighted by molar-refractivity contribution is 7.99. The van der Waals surface area contributed by atoms with Gasteiger partial charge in [0.25, 0.3) is 0 Å². The number of pyridine rings is 1. The summed E-state index contributed by atoms with van der Waals surface area (Å²) in [6.07, 6.45) is 4.74. The first-order valence-electron chi connectivity index (χ1n) is 6.34. The molecular formula is C13H16N4OS. The molecule has 1 aliphatic heterocycles. The number of nitrogens with zero attached hydrogens (tertiary/aromatic N) is 2. The molecule has 0 aliphatic carbocycles. The van der Waals surface area contributed by atoms with Crippen LogP contribution in [-0.4, -0.2) is 39.5 Å². The lowest BCUT2D eigenvalue weighted by atomic mass is 10.3. The van der Waals surface area contributed by atoms with E-state index >= 15 is 0 Å². The minimum atomic E-state index is -0.0360. The largest absolute Gasteiger partial charge is 0.354 e. The van der Waals surface area contributed by atoms with E-state index in [2.05, 4.69) is 15.6 Å². The summed E-state index contributed by atoms with van der Waals surface area (Å²) in [5.74, 6) is 1.82. The molecule has 0 bridgehead atoms. The summed E-state index contributed by atoms with van der Waals surface area (Å²) >= 11 is 1.76. The Morgan fingerprint density at radius 3 is 3.32 bits per heavy atom. The molecular weight excluding hydrogens is 260 g/mol. The molecule has 1 fully saturated rings. The number of amides is 1. The fourth-order valence-corrected chi connectivity index (χ4v) is 3.05. The maximum atomic E-state index is 11.8. The van der Waals surface area contributed by atoms with Gasteiger partial charge in [0.15, 0.2) is 0 Å². The summed E-state index contributed by atoms with van der Waals surface area (Å²) in [7, 11) is 0. The molecule has 1 amide bonds. The Bertz CT molecular complexity index is 544. The molecule has 19 heavy (non-hydrogen) atoms. The number of rotatable bonds is 4. The van der Waals surface area contributed by atoms with E-state index in [-0.39, 0.29) is 11.9 Å². The number of fused-ring (bicyclic) bond motifs is 1. The predicted molar refractivity (Wildman–Crippen MR) is 76.2 cm³/mol. The molecule has 2 aromatic rings. The van der Waals surface area contributed by atoms with E-state index in [1.54, 1.807) is 11.8 Å². The number of imidazole rings is 1. The van der Waals surface area contributed by atoms with Gasteiger partial charge in [-0.2, -0.15) is 0 Å². The van der Waals surface area contributed by atoms with Gasteiger partial charge >= 0.3 is 0 Å². The van der Waals surface area contributed by atoms with E-state index in [0.29, 0.717) is 6.54 Å². The van der Waals surface area contributed by atoms with E-state index in [1.165, 1.54) is 0 Å². The number of carbonyl (C=O) groups is 1. The van der Waals surface area contributed by atoms with Crippen LogP contribution in [0.1, 0.15) is 5.69 Å². The molecule has 0 spiro atoms. The molecule has 1 aliphatic rings. The Morgan fingerprint density at radius 1 is 1.58 bits per heavy atom. The Balaban J connectivity index is 1.53. The molecule has 0 saturated carbocycles. The van der Waals surface area contributed by atoms with Crippen LogP contribution in [0.25, 0.3) is 5.65 Å². The zero-order valence-electron chi connectivity index (χ0n) is 10.5. The van der Waals surface area contributed by atoms with Crippen molar-refractivity contribution in [2.75, 3.05) is 18.2 Å². The number of carbonyl (C=O) groups excluding carboxylic acids is 1. The molecule has 0 aromatic carbocycles. The third-order valence-corrected chi connectivity index (χ3v) is 4.07. The van der Waals surface area contributed by atoms with Crippen molar-refractivity contribution >= 4 is 23.3 Å². The number of hydrogen-bond donors (Lipinski definition) is 2. The summed E-state index contributed by atoms with van der Waals surface area (Å²) in [5.41, 5.74) is 1.94. The zero-order valence-corrected chi connectivity index (χ0v) is 11.3. The van der Waals surface area contributed by atoms with Crippen molar-refractivity contribution in [3.8, 4) is 0 Å². The van der Waals surface area contributed by atoms with Crippen molar-refractivity contribution in [2.24, 2.45) is 0 Å². The number of aromatic nitrogens is 2. The Labute approximate surface area is 115 Å². The summed E-state index contributed by atoms with van der Waals surface area (Å²) in [5, 5.41) is 6.11. The Morgan fingerprint density at radius 2 is 2.53 bits per heavy atom. The van der Waals surface area contributed by atoms with Crippen molar-refractivity contribution in [1.29, 1.82) is 0 Å². The molecule has 1 unspecified atom stereocenters. The van der Waals surface area contributed by atoms with Crippen LogP contribution in [0, 0.1) is 0 Å². The standard InChI is InChI=1S/C13H16N4OS/c18-13(11-8-19-9-15-11)14-5-4-10-7-17-6-2-1-3-12(17)16-10/h1-3,6-7,11,15H,4-5,8-9H2,(H,14,18). The molecule has 1 saturated heterocycles. The van der Waals surface area contributed by atoms with Gasteiger partial charge in [0.1, 0.15) is 5.65 Å². The van der Waals surface area contributed by atoms with E-state index in [4.69, 9.17) is 0 Å². The predicted octanol–water partition coefficient (Wildman–Crippen LogP) is 0.655. The van der Waals surface area contributed by atoms with E-state index < -0.39 is 0 Å². The van der Waals surface area contributed by atoms with Gasteiger partial charge in [-0.25, -0.2) is 4.98 Å². The third-order valence-electron chi connectivity index (χ3n) is 3.13. The SMILES string of the molecule is O=C(NCCc1cn2ccccc2n1)C1CSCN1. The normalized spacial score (nSPS) is 18.8.